The zero-order valence-electron chi connectivity index (χ0n) is 10.2. The molecule has 0 radical (unpaired) electrons. The first-order valence-corrected chi connectivity index (χ1v) is 5.82. The van der Waals surface area contributed by atoms with E-state index < -0.39 is 0 Å². The predicted octanol–water partition coefficient (Wildman–Crippen LogP) is 3.32. The monoisotopic (exact) mass is 225 g/mol. The van der Waals surface area contributed by atoms with E-state index in [2.05, 4.69) is 18.7 Å². The Bertz CT molecular complexity index is 341. The van der Waals surface area contributed by atoms with Crippen LogP contribution in [-0.4, -0.2) is 23.1 Å². The molecule has 1 rings (SSSR count). The average Bonchev–Trinajstić information content (AvgIpc) is 2.28. The van der Waals surface area contributed by atoms with E-state index in [4.69, 9.17) is 0 Å². The molecule has 1 atom stereocenters. The molecule has 1 aromatic rings. The fourth-order valence-corrected chi connectivity index (χ4v) is 1.97. The quantitative estimate of drug-likeness (QED) is 0.831. The number of aromatic hydroxyl groups is 1. The molecule has 0 aliphatic rings. The van der Waals surface area contributed by atoms with Crippen molar-refractivity contribution in [3.63, 3.8) is 0 Å². The van der Waals surface area contributed by atoms with Gasteiger partial charge in [0.15, 0.2) is 0 Å². The first-order chi connectivity index (χ1) is 7.60. The standard InChI is InChI=1S/C13H20FNO/c1-4-8-15(5-2)10(3)12-9-11(14)6-7-13(12)16/h6-7,9-10,16H,4-5,8H2,1-3H3. The molecule has 1 aromatic carbocycles. The van der Waals surface area contributed by atoms with Gasteiger partial charge in [0.1, 0.15) is 11.6 Å². The predicted molar refractivity (Wildman–Crippen MR) is 64.0 cm³/mol. The highest BCUT2D eigenvalue weighted by atomic mass is 19.1. The van der Waals surface area contributed by atoms with E-state index in [0.29, 0.717) is 5.56 Å². The van der Waals surface area contributed by atoms with Crippen molar-refractivity contribution in [1.82, 2.24) is 4.90 Å². The molecule has 2 nitrogen and oxygen atoms in total. The van der Waals surface area contributed by atoms with Crippen LogP contribution in [0.4, 0.5) is 4.39 Å². The Balaban J connectivity index is 2.93. The highest BCUT2D eigenvalue weighted by molar-refractivity contribution is 5.34. The van der Waals surface area contributed by atoms with Gasteiger partial charge in [-0.25, -0.2) is 4.39 Å². The largest absolute Gasteiger partial charge is 0.508 e. The number of halogens is 1. The molecule has 3 heteroatoms. The van der Waals surface area contributed by atoms with Crippen LogP contribution in [0.25, 0.3) is 0 Å². The Hall–Kier alpha value is -1.09. The summed E-state index contributed by atoms with van der Waals surface area (Å²) in [7, 11) is 0. The van der Waals surface area contributed by atoms with E-state index in [0.717, 1.165) is 19.5 Å². The number of phenols is 1. The number of phenolic OH excluding ortho intramolecular Hbond substituents is 1. The Morgan fingerprint density at radius 2 is 2.06 bits per heavy atom. The lowest BCUT2D eigenvalue weighted by Gasteiger charge is -2.28. The normalized spacial score (nSPS) is 13.1. The number of hydrogen-bond donors (Lipinski definition) is 1. The fourth-order valence-electron chi connectivity index (χ4n) is 1.97. The molecule has 0 fully saturated rings. The molecular formula is C13H20FNO. The van der Waals surface area contributed by atoms with Crippen molar-refractivity contribution in [1.29, 1.82) is 0 Å². The third-order valence-corrected chi connectivity index (χ3v) is 2.90. The Morgan fingerprint density at radius 3 is 2.62 bits per heavy atom. The minimum absolute atomic E-state index is 0.0423. The van der Waals surface area contributed by atoms with Gasteiger partial charge in [-0.05, 0) is 44.6 Å². The second-order valence-corrected chi connectivity index (χ2v) is 4.01. The van der Waals surface area contributed by atoms with Crippen molar-refractivity contribution in [2.45, 2.75) is 33.2 Å². The zero-order chi connectivity index (χ0) is 12.1. The van der Waals surface area contributed by atoms with Crippen LogP contribution in [0, 0.1) is 5.82 Å². The van der Waals surface area contributed by atoms with Crippen molar-refractivity contribution in [2.24, 2.45) is 0 Å². The first-order valence-electron chi connectivity index (χ1n) is 5.82. The van der Waals surface area contributed by atoms with Crippen molar-refractivity contribution < 1.29 is 9.50 Å². The molecule has 0 spiro atoms. The second kappa shape index (κ2) is 5.85. The van der Waals surface area contributed by atoms with E-state index in [1.807, 2.05) is 6.92 Å². The van der Waals surface area contributed by atoms with Gasteiger partial charge in [-0.2, -0.15) is 0 Å². The summed E-state index contributed by atoms with van der Waals surface area (Å²) in [6.07, 6.45) is 1.05. The van der Waals surface area contributed by atoms with E-state index in [9.17, 15) is 9.50 Å². The number of rotatable bonds is 5. The zero-order valence-corrected chi connectivity index (χ0v) is 10.2. The van der Waals surface area contributed by atoms with Crippen LogP contribution < -0.4 is 0 Å². The highest BCUT2D eigenvalue weighted by Gasteiger charge is 2.17. The highest BCUT2D eigenvalue weighted by Crippen LogP contribution is 2.28. The number of hydrogen-bond acceptors (Lipinski definition) is 2. The van der Waals surface area contributed by atoms with Gasteiger partial charge in [-0.1, -0.05) is 13.8 Å². The summed E-state index contributed by atoms with van der Waals surface area (Å²) in [6.45, 7) is 8.02. The van der Waals surface area contributed by atoms with Crippen LogP contribution in [0.15, 0.2) is 18.2 Å². The summed E-state index contributed by atoms with van der Waals surface area (Å²) in [5.74, 6) is -0.129. The molecule has 90 valence electrons. The molecule has 0 aromatic heterocycles. The maximum atomic E-state index is 13.1. The van der Waals surface area contributed by atoms with Gasteiger partial charge in [-0.15, -0.1) is 0 Å². The van der Waals surface area contributed by atoms with Gasteiger partial charge in [0.25, 0.3) is 0 Å². The minimum atomic E-state index is -0.299. The first kappa shape index (κ1) is 13.0. The molecule has 0 saturated heterocycles. The number of nitrogens with zero attached hydrogens (tertiary/aromatic N) is 1. The Morgan fingerprint density at radius 1 is 1.38 bits per heavy atom. The Kier molecular flexibility index (Phi) is 4.74. The van der Waals surface area contributed by atoms with Crippen LogP contribution in [-0.2, 0) is 0 Å². The van der Waals surface area contributed by atoms with Gasteiger partial charge in [-0.3, -0.25) is 4.90 Å². The minimum Gasteiger partial charge on any atom is -0.508 e. The summed E-state index contributed by atoms with van der Waals surface area (Å²) in [4.78, 5) is 2.22. The van der Waals surface area contributed by atoms with E-state index in [1.54, 1.807) is 0 Å². The maximum Gasteiger partial charge on any atom is 0.123 e. The summed E-state index contributed by atoms with van der Waals surface area (Å²) < 4.78 is 13.1. The van der Waals surface area contributed by atoms with Crippen LogP contribution in [0.3, 0.4) is 0 Å². The molecule has 0 aliphatic heterocycles. The molecule has 0 aliphatic carbocycles. The third-order valence-electron chi connectivity index (χ3n) is 2.90. The lowest BCUT2D eigenvalue weighted by molar-refractivity contribution is 0.218. The van der Waals surface area contributed by atoms with Crippen LogP contribution in [0.5, 0.6) is 5.75 Å². The van der Waals surface area contributed by atoms with E-state index >= 15 is 0 Å². The molecule has 0 heterocycles. The smallest absolute Gasteiger partial charge is 0.123 e. The fraction of sp³-hybridized carbons (Fsp3) is 0.538. The molecular weight excluding hydrogens is 205 g/mol. The molecule has 1 unspecified atom stereocenters. The summed E-state index contributed by atoms with van der Waals surface area (Å²) >= 11 is 0. The van der Waals surface area contributed by atoms with E-state index in [1.165, 1.54) is 18.2 Å². The molecule has 0 bridgehead atoms. The number of benzene rings is 1. The molecule has 16 heavy (non-hydrogen) atoms. The summed E-state index contributed by atoms with van der Waals surface area (Å²) in [5, 5.41) is 9.72. The Labute approximate surface area is 96.7 Å². The van der Waals surface area contributed by atoms with Crippen LogP contribution in [0.2, 0.25) is 0 Å². The topological polar surface area (TPSA) is 23.5 Å². The van der Waals surface area contributed by atoms with Crippen molar-refractivity contribution in [2.75, 3.05) is 13.1 Å². The van der Waals surface area contributed by atoms with Gasteiger partial charge in [0.2, 0.25) is 0 Å². The van der Waals surface area contributed by atoms with E-state index in [-0.39, 0.29) is 17.6 Å². The maximum absolute atomic E-state index is 13.1. The molecule has 0 amide bonds. The van der Waals surface area contributed by atoms with Crippen molar-refractivity contribution in [3.8, 4) is 5.75 Å². The lowest BCUT2D eigenvalue weighted by Crippen LogP contribution is -2.27. The van der Waals surface area contributed by atoms with Crippen molar-refractivity contribution >= 4 is 0 Å². The van der Waals surface area contributed by atoms with Crippen LogP contribution >= 0.6 is 0 Å². The van der Waals surface area contributed by atoms with Crippen LogP contribution in [0.1, 0.15) is 38.8 Å². The van der Waals surface area contributed by atoms with Gasteiger partial charge < -0.3 is 5.11 Å². The average molecular weight is 225 g/mol. The molecule has 0 saturated carbocycles. The lowest BCUT2D eigenvalue weighted by atomic mass is 10.1. The van der Waals surface area contributed by atoms with Gasteiger partial charge >= 0.3 is 0 Å². The summed E-state index contributed by atoms with van der Waals surface area (Å²) in [5.41, 5.74) is 0.662. The summed E-state index contributed by atoms with van der Waals surface area (Å²) in [6, 6.07) is 4.15. The second-order valence-electron chi connectivity index (χ2n) is 4.01. The molecule has 1 N–H and O–H groups in total. The third kappa shape index (κ3) is 2.95. The van der Waals surface area contributed by atoms with Crippen molar-refractivity contribution in [3.05, 3.63) is 29.6 Å². The van der Waals surface area contributed by atoms with Gasteiger partial charge in [0.05, 0.1) is 0 Å². The SMILES string of the molecule is CCCN(CC)C(C)c1cc(F)ccc1O. The van der Waals surface area contributed by atoms with Gasteiger partial charge in [0, 0.05) is 11.6 Å².